The van der Waals surface area contributed by atoms with Gasteiger partial charge in [0.15, 0.2) is 9.84 Å². The van der Waals surface area contributed by atoms with Gasteiger partial charge in [0.05, 0.1) is 22.7 Å². The zero-order chi connectivity index (χ0) is 23.6. The highest BCUT2D eigenvalue weighted by Crippen LogP contribution is 2.49. The predicted molar refractivity (Wildman–Crippen MR) is 138 cm³/mol. The van der Waals surface area contributed by atoms with E-state index in [-0.39, 0.29) is 16.6 Å². The molecule has 0 aliphatic heterocycles. The summed E-state index contributed by atoms with van der Waals surface area (Å²) in [6, 6.07) is 0. The molecule has 3 nitrogen and oxygen atoms in total. The van der Waals surface area contributed by atoms with E-state index in [2.05, 4.69) is 27.7 Å². The maximum atomic E-state index is 13.2. The summed E-state index contributed by atoms with van der Waals surface area (Å²) in [5, 5.41) is -0.173. The second-order valence-corrected chi connectivity index (χ2v) is 15.8. The predicted octanol–water partition coefficient (Wildman–Crippen LogP) is 7.72. The van der Waals surface area contributed by atoms with Crippen LogP contribution in [0.4, 0.5) is 0 Å². The summed E-state index contributed by atoms with van der Waals surface area (Å²) in [6.07, 6.45) is 18.9. The van der Waals surface area contributed by atoms with Crippen molar-refractivity contribution in [2.75, 3.05) is 0 Å². The average Bonchev–Trinajstić information content (AvgIpc) is 2.80. The summed E-state index contributed by atoms with van der Waals surface area (Å²) < 4.78 is 32.9. The van der Waals surface area contributed by atoms with Crippen molar-refractivity contribution in [3.8, 4) is 0 Å². The molecular weight excluding hydrogens is 428 g/mol. The molecule has 0 N–H and O–H groups in total. The standard InChI is InChI=1S/C29H52O3S/c1-21-5-9-23(10-6-21)29(3,4)24-11-13-25(14-12-24)32-26-15-19-28(20-16-26)33(30,31)27-17-7-22(2)8-18-27/h21-28H,5-20H2,1-4H3. The third-order valence-corrected chi connectivity index (χ3v) is 13.5. The van der Waals surface area contributed by atoms with Gasteiger partial charge in [-0.1, -0.05) is 40.5 Å². The third-order valence-electron chi connectivity index (χ3n) is 10.7. The van der Waals surface area contributed by atoms with Crippen molar-refractivity contribution in [3.63, 3.8) is 0 Å². The summed E-state index contributed by atoms with van der Waals surface area (Å²) >= 11 is 0. The van der Waals surface area contributed by atoms with Crippen LogP contribution in [0.5, 0.6) is 0 Å². The molecule has 0 saturated heterocycles. The van der Waals surface area contributed by atoms with E-state index in [9.17, 15) is 8.42 Å². The van der Waals surface area contributed by atoms with Crippen LogP contribution in [-0.4, -0.2) is 31.1 Å². The van der Waals surface area contributed by atoms with Gasteiger partial charge >= 0.3 is 0 Å². The van der Waals surface area contributed by atoms with Crippen LogP contribution in [0.1, 0.15) is 130 Å². The van der Waals surface area contributed by atoms with Gasteiger partial charge in [-0.25, -0.2) is 8.42 Å². The summed E-state index contributed by atoms with van der Waals surface area (Å²) in [4.78, 5) is 0. The number of sulfone groups is 1. The molecule has 4 saturated carbocycles. The summed E-state index contributed by atoms with van der Waals surface area (Å²) in [6.45, 7) is 9.78. The molecule has 4 rings (SSSR count). The lowest BCUT2D eigenvalue weighted by molar-refractivity contribution is -0.0649. The molecule has 0 aromatic heterocycles. The highest BCUT2D eigenvalue weighted by Gasteiger charge is 2.41. The van der Waals surface area contributed by atoms with Crippen LogP contribution in [0.3, 0.4) is 0 Å². The summed E-state index contributed by atoms with van der Waals surface area (Å²) in [5.74, 6) is 3.38. The Morgan fingerprint density at radius 1 is 0.545 bits per heavy atom. The zero-order valence-corrected chi connectivity index (χ0v) is 22.9. The number of rotatable bonds is 6. The van der Waals surface area contributed by atoms with Crippen molar-refractivity contribution in [2.45, 2.75) is 153 Å². The number of hydrogen-bond donors (Lipinski definition) is 0. The van der Waals surface area contributed by atoms with Crippen molar-refractivity contribution >= 4 is 9.84 Å². The van der Waals surface area contributed by atoms with Crippen molar-refractivity contribution in [1.82, 2.24) is 0 Å². The van der Waals surface area contributed by atoms with Gasteiger partial charge in [-0.2, -0.15) is 0 Å². The smallest absolute Gasteiger partial charge is 0.156 e. The van der Waals surface area contributed by atoms with Crippen LogP contribution in [0.2, 0.25) is 0 Å². The number of ether oxygens (including phenoxy) is 1. The van der Waals surface area contributed by atoms with Gasteiger partial charge in [0.1, 0.15) is 0 Å². The Morgan fingerprint density at radius 2 is 0.879 bits per heavy atom. The van der Waals surface area contributed by atoms with Crippen LogP contribution in [0.25, 0.3) is 0 Å². The maximum absolute atomic E-state index is 13.2. The van der Waals surface area contributed by atoms with Crippen molar-refractivity contribution in [2.24, 2.45) is 29.1 Å². The van der Waals surface area contributed by atoms with E-state index in [1.165, 1.54) is 51.4 Å². The molecule has 0 radical (unpaired) electrons. The van der Waals surface area contributed by atoms with E-state index in [0.29, 0.717) is 17.4 Å². The third kappa shape index (κ3) is 6.19. The van der Waals surface area contributed by atoms with Crippen molar-refractivity contribution < 1.29 is 13.2 Å². The van der Waals surface area contributed by atoms with Crippen LogP contribution < -0.4 is 0 Å². The lowest BCUT2D eigenvalue weighted by Crippen LogP contribution is -2.40. The minimum Gasteiger partial charge on any atom is -0.375 e. The quantitative estimate of drug-likeness (QED) is 0.391. The first kappa shape index (κ1) is 26.0. The minimum atomic E-state index is -2.96. The molecule has 33 heavy (non-hydrogen) atoms. The molecule has 4 aliphatic carbocycles. The normalized spacial score (nSPS) is 41.6. The zero-order valence-electron chi connectivity index (χ0n) is 22.1. The molecule has 0 aromatic carbocycles. The largest absolute Gasteiger partial charge is 0.375 e. The fourth-order valence-corrected chi connectivity index (χ4v) is 10.3. The lowest BCUT2D eigenvalue weighted by atomic mass is 9.60. The van der Waals surface area contributed by atoms with Gasteiger partial charge in [-0.3, -0.25) is 0 Å². The molecule has 0 bridgehead atoms. The van der Waals surface area contributed by atoms with E-state index in [1.807, 2.05) is 0 Å². The van der Waals surface area contributed by atoms with Crippen molar-refractivity contribution in [1.29, 1.82) is 0 Å². The van der Waals surface area contributed by atoms with E-state index in [0.717, 1.165) is 69.1 Å². The van der Waals surface area contributed by atoms with Gasteiger partial charge < -0.3 is 4.74 Å². The lowest BCUT2D eigenvalue weighted by Gasteiger charge is -2.47. The molecule has 4 fully saturated rings. The molecule has 4 aliphatic rings. The molecular formula is C29H52O3S. The fourth-order valence-electron chi connectivity index (χ4n) is 7.88. The monoisotopic (exact) mass is 480 g/mol. The second kappa shape index (κ2) is 10.9. The van der Waals surface area contributed by atoms with E-state index < -0.39 is 9.84 Å². The average molecular weight is 481 g/mol. The molecule has 0 heterocycles. The fraction of sp³-hybridized carbons (Fsp3) is 1.00. The Balaban J connectivity index is 1.20. The van der Waals surface area contributed by atoms with Gasteiger partial charge in [-0.05, 0) is 119 Å². The van der Waals surface area contributed by atoms with E-state index >= 15 is 0 Å². The van der Waals surface area contributed by atoms with Crippen LogP contribution in [0.15, 0.2) is 0 Å². The topological polar surface area (TPSA) is 43.4 Å². The molecule has 0 atom stereocenters. The summed E-state index contributed by atoms with van der Waals surface area (Å²) in [7, 11) is -2.96. The Kier molecular flexibility index (Phi) is 8.58. The van der Waals surface area contributed by atoms with Crippen LogP contribution in [-0.2, 0) is 14.6 Å². The second-order valence-electron chi connectivity index (χ2n) is 13.3. The van der Waals surface area contributed by atoms with E-state index in [1.54, 1.807) is 0 Å². The first-order chi connectivity index (χ1) is 15.7. The number of hydrogen-bond acceptors (Lipinski definition) is 3. The van der Waals surface area contributed by atoms with Gasteiger partial charge in [-0.15, -0.1) is 0 Å². The van der Waals surface area contributed by atoms with Gasteiger partial charge in [0.25, 0.3) is 0 Å². The molecule has 0 aromatic rings. The maximum Gasteiger partial charge on any atom is 0.156 e. The molecule has 192 valence electrons. The Bertz CT molecular complexity index is 697. The first-order valence-corrected chi connectivity index (χ1v) is 16.1. The summed E-state index contributed by atoms with van der Waals surface area (Å²) in [5.41, 5.74) is 0.467. The van der Waals surface area contributed by atoms with Crippen molar-refractivity contribution in [3.05, 3.63) is 0 Å². The highest BCUT2D eigenvalue weighted by atomic mass is 32.2. The van der Waals surface area contributed by atoms with Gasteiger partial charge in [0, 0.05) is 0 Å². The molecule has 0 amide bonds. The Hall–Kier alpha value is -0.0900. The Labute approximate surface area is 205 Å². The van der Waals surface area contributed by atoms with Gasteiger partial charge in [0.2, 0.25) is 0 Å². The first-order valence-electron chi connectivity index (χ1n) is 14.5. The SMILES string of the molecule is CC1CCC(C(C)(C)C2CCC(OC3CCC(S(=O)(=O)C4CCC(C)CC4)CC3)CC2)CC1. The van der Waals surface area contributed by atoms with E-state index in [4.69, 9.17) is 4.74 Å². The Morgan fingerprint density at radius 3 is 1.33 bits per heavy atom. The molecule has 0 spiro atoms. The highest BCUT2D eigenvalue weighted by molar-refractivity contribution is 7.92. The minimum absolute atomic E-state index is 0.0674. The molecule has 4 heteroatoms. The molecule has 0 unspecified atom stereocenters. The van der Waals surface area contributed by atoms with Crippen LogP contribution >= 0.6 is 0 Å². The van der Waals surface area contributed by atoms with Crippen LogP contribution in [0, 0.1) is 29.1 Å².